The molecule has 19 heavy (non-hydrogen) atoms. The lowest BCUT2D eigenvalue weighted by atomic mass is 9.89. The summed E-state index contributed by atoms with van der Waals surface area (Å²) in [6.07, 6.45) is 7.31. The van der Waals surface area contributed by atoms with Crippen LogP contribution in [0.5, 0.6) is 0 Å². The minimum atomic E-state index is -0.150. The number of hydrogen-bond donors (Lipinski definition) is 1. The van der Waals surface area contributed by atoms with Gasteiger partial charge in [-0.25, -0.2) is 0 Å². The summed E-state index contributed by atoms with van der Waals surface area (Å²) in [5, 5.41) is 12.6. The van der Waals surface area contributed by atoms with Crippen LogP contribution in [0.25, 0.3) is 0 Å². The minimum Gasteiger partial charge on any atom is -0.313 e. The summed E-state index contributed by atoms with van der Waals surface area (Å²) in [4.78, 5) is 2.60. The van der Waals surface area contributed by atoms with Crippen LogP contribution in [0.2, 0.25) is 0 Å². The molecule has 0 spiro atoms. The average Bonchev–Trinajstić information content (AvgIpc) is 2.87. The third-order valence-corrected chi connectivity index (χ3v) is 4.01. The van der Waals surface area contributed by atoms with Gasteiger partial charge in [-0.1, -0.05) is 13.3 Å². The van der Waals surface area contributed by atoms with Gasteiger partial charge in [0.15, 0.2) is 0 Å². The normalized spacial score (nSPS) is 19.8. The first-order valence-corrected chi connectivity index (χ1v) is 7.94. The van der Waals surface area contributed by atoms with Crippen molar-refractivity contribution < 1.29 is 0 Å². The van der Waals surface area contributed by atoms with E-state index in [0.717, 1.165) is 6.42 Å². The average molecular weight is 265 g/mol. The molecule has 1 saturated heterocycles. The van der Waals surface area contributed by atoms with Crippen molar-refractivity contribution in [2.24, 2.45) is 5.41 Å². The second-order valence-electron chi connectivity index (χ2n) is 6.55. The maximum atomic E-state index is 9.01. The molecule has 3 nitrogen and oxygen atoms in total. The largest absolute Gasteiger partial charge is 0.313 e. The molecule has 0 saturated carbocycles. The Balaban J connectivity index is 2.20. The standard InChI is InChI=1S/C16H31N3/c1-4-11-19(13-15-8-7-10-18-15)12-6-5-9-16(2,3)14-17/h15,18H,4-13H2,1-3H3. The SMILES string of the molecule is CCCN(CCCCC(C)(C)C#N)CC1CCCN1. The van der Waals surface area contributed by atoms with E-state index in [1.165, 1.54) is 58.3 Å². The maximum Gasteiger partial charge on any atom is 0.0683 e. The number of unbranched alkanes of at least 4 members (excludes halogenated alkanes) is 1. The van der Waals surface area contributed by atoms with Gasteiger partial charge in [0.05, 0.1) is 11.5 Å². The smallest absolute Gasteiger partial charge is 0.0683 e. The number of nitrogens with zero attached hydrogens (tertiary/aromatic N) is 2. The number of nitriles is 1. The van der Waals surface area contributed by atoms with E-state index < -0.39 is 0 Å². The Morgan fingerprint density at radius 3 is 2.68 bits per heavy atom. The van der Waals surface area contributed by atoms with Crippen LogP contribution in [0, 0.1) is 16.7 Å². The molecule has 0 bridgehead atoms. The topological polar surface area (TPSA) is 39.1 Å². The molecule has 0 aromatic rings. The molecule has 0 amide bonds. The fraction of sp³-hybridized carbons (Fsp3) is 0.938. The fourth-order valence-corrected chi connectivity index (χ4v) is 2.79. The summed E-state index contributed by atoms with van der Waals surface area (Å²) >= 11 is 0. The first-order chi connectivity index (χ1) is 9.07. The summed E-state index contributed by atoms with van der Waals surface area (Å²) < 4.78 is 0. The quantitative estimate of drug-likeness (QED) is 0.651. The molecular weight excluding hydrogens is 234 g/mol. The van der Waals surface area contributed by atoms with Crippen molar-refractivity contribution in [3.05, 3.63) is 0 Å². The van der Waals surface area contributed by atoms with Crippen LogP contribution in [0.1, 0.15) is 59.3 Å². The van der Waals surface area contributed by atoms with Gasteiger partial charge in [0.1, 0.15) is 0 Å². The van der Waals surface area contributed by atoms with Crippen LogP contribution < -0.4 is 5.32 Å². The molecule has 0 aromatic carbocycles. The van der Waals surface area contributed by atoms with Crippen molar-refractivity contribution in [2.45, 2.75) is 65.3 Å². The summed E-state index contributed by atoms with van der Waals surface area (Å²) in [5.74, 6) is 0. The van der Waals surface area contributed by atoms with Crippen LogP contribution in [-0.4, -0.2) is 37.1 Å². The maximum absolute atomic E-state index is 9.01. The second kappa shape index (κ2) is 8.55. The van der Waals surface area contributed by atoms with E-state index in [-0.39, 0.29) is 5.41 Å². The van der Waals surface area contributed by atoms with Gasteiger partial charge in [0.25, 0.3) is 0 Å². The van der Waals surface area contributed by atoms with Crippen LogP contribution in [0.4, 0.5) is 0 Å². The van der Waals surface area contributed by atoms with E-state index in [1.807, 2.05) is 13.8 Å². The van der Waals surface area contributed by atoms with Crippen LogP contribution >= 0.6 is 0 Å². The molecule has 1 aliphatic heterocycles. The number of rotatable bonds is 9. The first kappa shape index (κ1) is 16.5. The molecular formula is C16H31N3. The summed E-state index contributed by atoms with van der Waals surface area (Å²) in [5.41, 5.74) is -0.150. The van der Waals surface area contributed by atoms with Gasteiger partial charge in [-0.05, 0) is 65.6 Å². The second-order valence-corrected chi connectivity index (χ2v) is 6.55. The predicted molar refractivity (Wildman–Crippen MR) is 81.0 cm³/mol. The van der Waals surface area contributed by atoms with E-state index in [2.05, 4.69) is 23.2 Å². The molecule has 1 fully saturated rings. The molecule has 1 rings (SSSR count). The van der Waals surface area contributed by atoms with Crippen molar-refractivity contribution in [1.82, 2.24) is 10.2 Å². The summed E-state index contributed by atoms with van der Waals surface area (Å²) in [7, 11) is 0. The Kier molecular flexibility index (Phi) is 7.41. The highest BCUT2D eigenvalue weighted by molar-refractivity contribution is 4.91. The van der Waals surface area contributed by atoms with Gasteiger partial charge in [0, 0.05) is 12.6 Å². The zero-order valence-corrected chi connectivity index (χ0v) is 13.0. The molecule has 3 heteroatoms. The van der Waals surface area contributed by atoms with Crippen molar-refractivity contribution in [1.29, 1.82) is 5.26 Å². The van der Waals surface area contributed by atoms with E-state index in [4.69, 9.17) is 5.26 Å². The molecule has 0 aliphatic carbocycles. The van der Waals surface area contributed by atoms with Crippen LogP contribution in [0.15, 0.2) is 0 Å². The Hall–Kier alpha value is -0.590. The molecule has 1 atom stereocenters. The Labute approximate surface area is 119 Å². The van der Waals surface area contributed by atoms with Crippen LogP contribution in [-0.2, 0) is 0 Å². The highest BCUT2D eigenvalue weighted by atomic mass is 15.1. The van der Waals surface area contributed by atoms with Crippen molar-refractivity contribution in [3.63, 3.8) is 0 Å². The van der Waals surface area contributed by atoms with E-state index in [0.29, 0.717) is 6.04 Å². The van der Waals surface area contributed by atoms with Gasteiger partial charge in [0.2, 0.25) is 0 Å². The van der Waals surface area contributed by atoms with Gasteiger partial charge in [-0.3, -0.25) is 0 Å². The van der Waals surface area contributed by atoms with Crippen molar-refractivity contribution >= 4 is 0 Å². The lowest BCUT2D eigenvalue weighted by Crippen LogP contribution is -2.38. The van der Waals surface area contributed by atoms with Crippen molar-refractivity contribution in [3.8, 4) is 6.07 Å². The first-order valence-electron chi connectivity index (χ1n) is 7.94. The fourth-order valence-electron chi connectivity index (χ4n) is 2.79. The molecule has 0 radical (unpaired) electrons. The van der Waals surface area contributed by atoms with Gasteiger partial charge in [-0.2, -0.15) is 5.26 Å². The minimum absolute atomic E-state index is 0.150. The van der Waals surface area contributed by atoms with E-state index in [9.17, 15) is 0 Å². The molecule has 110 valence electrons. The monoisotopic (exact) mass is 265 g/mol. The number of hydrogen-bond acceptors (Lipinski definition) is 3. The third kappa shape index (κ3) is 6.94. The van der Waals surface area contributed by atoms with Gasteiger partial charge >= 0.3 is 0 Å². The van der Waals surface area contributed by atoms with E-state index >= 15 is 0 Å². The Morgan fingerprint density at radius 1 is 1.32 bits per heavy atom. The number of nitrogens with one attached hydrogen (secondary N) is 1. The highest BCUT2D eigenvalue weighted by Gasteiger charge is 2.18. The molecule has 0 aromatic heterocycles. The lowest BCUT2D eigenvalue weighted by molar-refractivity contribution is 0.240. The van der Waals surface area contributed by atoms with Crippen LogP contribution in [0.3, 0.4) is 0 Å². The highest BCUT2D eigenvalue weighted by Crippen LogP contribution is 2.21. The Bertz CT molecular complexity index is 274. The third-order valence-electron chi connectivity index (χ3n) is 4.01. The van der Waals surface area contributed by atoms with E-state index in [1.54, 1.807) is 0 Å². The van der Waals surface area contributed by atoms with Gasteiger partial charge in [-0.15, -0.1) is 0 Å². The molecule has 1 aliphatic rings. The molecule has 1 heterocycles. The Morgan fingerprint density at radius 2 is 2.11 bits per heavy atom. The van der Waals surface area contributed by atoms with Crippen molar-refractivity contribution in [2.75, 3.05) is 26.2 Å². The summed E-state index contributed by atoms with van der Waals surface area (Å²) in [6, 6.07) is 3.10. The zero-order valence-electron chi connectivity index (χ0n) is 13.0. The zero-order chi connectivity index (χ0) is 14.1. The molecule has 1 N–H and O–H groups in total. The van der Waals surface area contributed by atoms with Gasteiger partial charge < -0.3 is 10.2 Å². The summed E-state index contributed by atoms with van der Waals surface area (Å²) in [6.45, 7) is 11.1. The predicted octanol–water partition coefficient (Wildman–Crippen LogP) is 3.17. The molecule has 1 unspecified atom stereocenters. The lowest BCUT2D eigenvalue weighted by Gasteiger charge is -2.25.